The zero-order valence-corrected chi connectivity index (χ0v) is 13.7. The molecule has 1 aromatic rings. The number of nitrogens with one attached hydrogen (secondary N) is 2. The zero-order valence-electron chi connectivity index (χ0n) is 11.3. The number of ether oxygens (including phenoxy) is 2. The summed E-state index contributed by atoms with van der Waals surface area (Å²) in [5, 5.41) is 7.37. The van der Waals surface area contributed by atoms with Crippen LogP contribution in [0.2, 0.25) is 0 Å². The van der Waals surface area contributed by atoms with Gasteiger partial charge in [0, 0.05) is 6.54 Å². The molecule has 1 aromatic carbocycles. The minimum Gasteiger partial charge on any atom is -0.493 e. The molecule has 0 atom stereocenters. The Bertz CT molecular complexity index is 521. The Morgan fingerprint density at radius 2 is 2.20 bits per heavy atom. The standard InChI is InChI=1S/C13H16BrN3O2S/c1-4-5-15-13(20)17-16-8-9-6-10(14)12(19-3)11(7-9)18-2/h4,6-8H,1,5H2,2-3H3,(H2,15,17,20)/b16-8-. The molecule has 0 amide bonds. The smallest absolute Gasteiger partial charge is 0.187 e. The number of halogens is 1. The first-order chi connectivity index (χ1) is 9.62. The molecule has 7 heteroatoms. The molecule has 1 rings (SSSR count). The van der Waals surface area contributed by atoms with E-state index < -0.39 is 0 Å². The van der Waals surface area contributed by atoms with E-state index in [1.54, 1.807) is 26.5 Å². The van der Waals surface area contributed by atoms with Crippen LogP contribution in [0.15, 0.2) is 34.4 Å². The Kier molecular flexibility index (Phi) is 7.03. The molecule has 0 aromatic heterocycles. The van der Waals surface area contributed by atoms with Crippen LogP contribution in [0.1, 0.15) is 5.56 Å². The van der Waals surface area contributed by atoms with Crippen LogP contribution in [0.3, 0.4) is 0 Å². The summed E-state index contributed by atoms with van der Waals surface area (Å²) < 4.78 is 11.3. The molecule has 0 saturated carbocycles. The fraction of sp³-hybridized carbons (Fsp3) is 0.231. The van der Waals surface area contributed by atoms with E-state index in [-0.39, 0.29) is 0 Å². The average molecular weight is 358 g/mol. The van der Waals surface area contributed by atoms with Crippen molar-refractivity contribution in [3.8, 4) is 11.5 Å². The molecule has 0 aliphatic heterocycles. The second kappa shape index (κ2) is 8.55. The molecule has 0 radical (unpaired) electrons. The minimum atomic E-state index is 0.431. The van der Waals surface area contributed by atoms with E-state index in [1.165, 1.54) is 0 Å². The maximum absolute atomic E-state index is 5.25. The summed E-state index contributed by atoms with van der Waals surface area (Å²) in [6.45, 7) is 4.17. The number of benzene rings is 1. The topological polar surface area (TPSA) is 54.9 Å². The zero-order chi connectivity index (χ0) is 15.0. The summed E-state index contributed by atoms with van der Waals surface area (Å²) in [5.74, 6) is 1.26. The monoisotopic (exact) mass is 357 g/mol. The Morgan fingerprint density at radius 1 is 1.45 bits per heavy atom. The van der Waals surface area contributed by atoms with Crippen LogP contribution < -0.4 is 20.2 Å². The van der Waals surface area contributed by atoms with Crippen molar-refractivity contribution in [2.45, 2.75) is 0 Å². The lowest BCUT2D eigenvalue weighted by atomic mass is 10.2. The fourth-order valence-corrected chi connectivity index (χ4v) is 2.14. The molecule has 0 heterocycles. The quantitative estimate of drug-likeness (QED) is 0.354. The predicted molar refractivity (Wildman–Crippen MR) is 88.8 cm³/mol. The van der Waals surface area contributed by atoms with Crippen molar-refractivity contribution >= 4 is 39.5 Å². The van der Waals surface area contributed by atoms with Crippen molar-refractivity contribution in [2.75, 3.05) is 20.8 Å². The molecule has 20 heavy (non-hydrogen) atoms. The van der Waals surface area contributed by atoms with Crippen LogP contribution in [-0.4, -0.2) is 32.1 Å². The highest BCUT2D eigenvalue weighted by atomic mass is 79.9. The molecular weight excluding hydrogens is 342 g/mol. The van der Waals surface area contributed by atoms with Gasteiger partial charge in [0.15, 0.2) is 16.6 Å². The van der Waals surface area contributed by atoms with E-state index in [0.29, 0.717) is 23.2 Å². The second-order valence-corrected chi connectivity index (χ2v) is 4.87. The number of methoxy groups -OCH3 is 2. The fourth-order valence-electron chi connectivity index (χ4n) is 1.38. The molecule has 0 bridgehead atoms. The van der Waals surface area contributed by atoms with E-state index in [2.05, 4.69) is 38.4 Å². The van der Waals surface area contributed by atoms with Gasteiger partial charge in [-0.2, -0.15) is 5.10 Å². The lowest BCUT2D eigenvalue weighted by Gasteiger charge is -2.10. The Morgan fingerprint density at radius 3 is 2.80 bits per heavy atom. The van der Waals surface area contributed by atoms with Gasteiger partial charge >= 0.3 is 0 Å². The lowest BCUT2D eigenvalue weighted by molar-refractivity contribution is 0.353. The van der Waals surface area contributed by atoms with Gasteiger partial charge in [-0.15, -0.1) is 6.58 Å². The highest BCUT2D eigenvalue weighted by Gasteiger charge is 2.09. The maximum Gasteiger partial charge on any atom is 0.187 e. The normalized spacial score (nSPS) is 10.2. The molecule has 0 unspecified atom stereocenters. The molecule has 0 saturated heterocycles. The summed E-state index contributed by atoms with van der Waals surface area (Å²) in [7, 11) is 3.17. The van der Waals surface area contributed by atoms with Crippen molar-refractivity contribution in [3.05, 3.63) is 34.8 Å². The molecule has 5 nitrogen and oxygen atoms in total. The first-order valence-corrected chi connectivity index (χ1v) is 6.91. The highest BCUT2D eigenvalue weighted by molar-refractivity contribution is 9.10. The lowest BCUT2D eigenvalue weighted by Crippen LogP contribution is -2.31. The van der Waals surface area contributed by atoms with E-state index in [9.17, 15) is 0 Å². The SMILES string of the molecule is C=CCNC(=S)N/N=C\c1cc(Br)c(OC)c(OC)c1. The van der Waals surface area contributed by atoms with Crippen molar-refractivity contribution < 1.29 is 9.47 Å². The van der Waals surface area contributed by atoms with Gasteiger partial charge in [0.05, 0.1) is 24.9 Å². The third kappa shape index (κ3) is 4.82. The molecule has 108 valence electrons. The summed E-state index contributed by atoms with van der Waals surface area (Å²) in [6, 6.07) is 3.68. The van der Waals surface area contributed by atoms with Crippen LogP contribution in [0.25, 0.3) is 0 Å². The summed E-state index contributed by atoms with van der Waals surface area (Å²) >= 11 is 8.43. The van der Waals surface area contributed by atoms with Gasteiger partial charge in [0.25, 0.3) is 0 Å². The third-order valence-electron chi connectivity index (χ3n) is 2.24. The summed E-state index contributed by atoms with van der Waals surface area (Å²) in [6.07, 6.45) is 3.34. The van der Waals surface area contributed by atoms with Crippen molar-refractivity contribution in [1.29, 1.82) is 0 Å². The Labute approximate surface area is 132 Å². The largest absolute Gasteiger partial charge is 0.493 e. The van der Waals surface area contributed by atoms with Gasteiger partial charge in [-0.1, -0.05) is 6.08 Å². The van der Waals surface area contributed by atoms with Gasteiger partial charge in [-0.3, -0.25) is 5.43 Å². The van der Waals surface area contributed by atoms with Crippen LogP contribution >= 0.6 is 28.1 Å². The van der Waals surface area contributed by atoms with Crippen LogP contribution in [0, 0.1) is 0 Å². The van der Waals surface area contributed by atoms with Gasteiger partial charge in [0.1, 0.15) is 0 Å². The maximum atomic E-state index is 5.25. The van der Waals surface area contributed by atoms with E-state index in [1.807, 2.05) is 12.1 Å². The van der Waals surface area contributed by atoms with Crippen LogP contribution in [0.4, 0.5) is 0 Å². The first-order valence-electron chi connectivity index (χ1n) is 5.71. The number of rotatable bonds is 6. The van der Waals surface area contributed by atoms with Gasteiger partial charge < -0.3 is 14.8 Å². The van der Waals surface area contributed by atoms with Crippen molar-refractivity contribution in [3.63, 3.8) is 0 Å². The van der Waals surface area contributed by atoms with Crippen molar-refractivity contribution in [1.82, 2.24) is 10.7 Å². The minimum absolute atomic E-state index is 0.431. The number of hydrogen-bond donors (Lipinski definition) is 2. The Balaban J connectivity index is 2.75. The van der Waals surface area contributed by atoms with Gasteiger partial charge in [-0.25, -0.2) is 0 Å². The number of nitrogens with zero attached hydrogens (tertiary/aromatic N) is 1. The summed E-state index contributed by atoms with van der Waals surface area (Å²) in [4.78, 5) is 0. The predicted octanol–water partition coefficient (Wildman–Crippen LogP) is 2.45. The van der Waals surface area contributed by atoms with E-state index >= 15 is 0 Å². The number of thiocarbonyl (C=S) groups is 1. The molecule has 0 spiro atoms. The first kappa shape index (κ1) is 16.5. The molecular formula is C13H16BrN3O2S. The Hall–Kier alpha value is -1.60. The third-order valence-corrected chi connectivity index (χ3v) is 3.07. The molecule has 0 fully saturated rings. The number of hydrazone groups is 1. The second-order valence-electron chi connectivity index (χ2n) is 3.61. The van der Waals surface area contributed by atoms with Gasteiger partial charge in [0.2, 0.25) is 0 Å². The molecule has 0 aliphatic carbocycles. The number of hydrogen-bond acceptors (Lipinski definition) is 4. The molecule has 2 N–H and O–H groups in total. The summed E-state index contributed by atoms with van der Waals surface area (Å²) in [5.41, 5.74) is 3.55. The van der Waals surface area contributed by atoms with Gasteiger partial charge in [-0.05, 0) is 45.8 Å². The van der Waals surface area contributed by atoms with Crippen LogP contribution in [-0.2, 0) is 0 Å². The van der Waals surface area contributed by atoms with Crippen molar-refractivity contribution in [2.24, 2.45) is 5.10 Å². The van der Waals surface area contributed by atoms with E-state index in [0.717, 1.165) is 10.0 Å². The average Bonchev–Trinajstić information content (AvgIpc) is 2.44. The molecule has 0 aliphatic rings. The highest BCUT2D eigenvalue weighted by Crippen LogP contribution is 2.35. The van der Waals surface area contributed by atoms with E-state index in [4.69, 9.17) is 21.7 Å². The van der Waals surface area contributed by atoms with Crippen LogP contribution in [0.5, 0.6) is 11.5 Å².